The van der Waals surface area contributed by atoms with Crippen molar-refractivity contribution in [2.75, 3.05) is 31.1 Å². The Morgan fingerprint density at radius 1 is 1.30 bits per heavy atom. The summed E-state index contributed by atoms with van der Waals surface area (Å²) in [7, 11) is 0. The largest absolute Gasteiger partial charge is 0.390 e. The van der Waals surface area contributed by atoms with Gasteiger partial charge in [0.15, 0.2) is 5.16 Å². The summed E-state index contributed by atoms with van der Waals surface area (Å²) >= 11 is 8.21. The van der Waals surface area contributed by atoms with Gasteiger partial charge in [-0.1, -0.05) is 30.3 Å². The summed E-state index contributed by atoms with van der Waals surface area (Å²) in [6.07, 6.45) is 1.72. The first-order chi connectivity index (χ1) is 11.9. The fourth-order valence-corrected chi connectivity index (χ4v) is 4.76. The number of thioether (sulfide) groups is 1. The van der Waals surface area contributed by atoms with E-state index in [-0.39, 0.29) is 24.8 Å². The number of aliphatic hydroxyl groups is 1. The van der Waals surface area contributed by atoms with Crippen LogP contribution in [0.25, 0.3) is 11.0 Å². The quantitative estimate of drug-likeness (QED) is 0.560. The van der Waals surface area contributed by atoms with Crippen LogP contribution in [0.5, 0.6) is 0 Å². The smallest absolute Gasteiger partial charge is 0.166 e. The van der Waals surface area contributed by atoms with E-state index in [1.54, 1.807) is 11.8 Å². The van der Waals surface area contributed by atoms with Crippen molar-refractivity contribution in [1.29, 1.82) is 0 Å². The van der Waals surface area contributed by atoms with E-state index in [1.165, 1.54) is 0 Å². The van der Waals surface area contributed by atoms with Crippen LogP contribution in [0.4, 0.5) is 5.69 Å². The van der Waals surface area contributed by atoms with Gasteiger partial charge in [0.05, 0.1) is 27.3 Å². The van der Waals surface area contributed by atoms with Crippen molar-refractivity contribution in [2.24, 2.45) is 0 Å². The molecule has 1 atom stereocenters. The van der Waals surface area contributed by atoms with E-state index in [0.29, 0.717) is 5.25 Å². The van der Waals surface area contributed by atoms with Gasteiger partial charge in [-0.05, 0) is 38.8 Å². The molecule has 27 heavy (non-hydrogen) atoms. The molecule has 0 radical (unpaired) electrons. The fraction of sp³-hybridized carbons (Fsp3) is 0.611. The van der Waals surface area contributed by atoms with E-state index in [4.69, 9.17) is 11.6 Å². The number of hydrogen-bond acceptors (Lipinski definition) is 5. The lowest BCUT2D eigenvalue weighted by atomic mass is 10.0. The summed E-state index contributed by atoms with van der Waals surface area (Å²) in [5, 5.41) is 15.4. The minimum absolute atomic E-state index is 0. The fourth-order valence-electron chi connectivity index (χ4n) is 3.18. The third-order valence-corrected chi connectivity index (χ3v) is 6.00. The third-order valence-electron chi connectivity index (χ3n) is 4.45. The second kappa shape index (κ2) is 10.4. The highest BCUT2D eigenvalue weighted by Gasteiger charge is 2.22. The molecule has 1 unspecified atom stereocenters. The number of rotatable bonds is 6. The van der Waals surface area contributed by atoms with Crippen LogP contribution in [0.3, 0.4) is 0 Å². The number of nitrogens with zero attached hydrogens (tertiary/aromatic N) is 2. The van der Waals surface area contributed by atoms with Gasteiger partial charge in [0.25, 0.3) is 0 Å². The zero-order chi connectivity index (χ0) is 18.0. The van der Waals surface area contributed by atoms with Crippen LogP contribution in [0.2, 0.25) is 5.02 Å². The van der Waals surface area contributed by atoms with Crippen LogP contribution in [-0.4, -0.2) is 52.1 Å². The summed E-state index contributed by atoms with van der Waals surface area (Å²) in [5.74, 6) is 0. The Hall–Kier alpha value is -0.370. The molecule has 3 N–H and O–H groups in total. The monoisotopic (exact) mass is 454 g/mol. The van der Waals surface area contributed by atoms with Gasteiger partial charge in [-0.25, -0.2) is 4.98 Å². The topological polar surface area (TPSA) is 64.2 Å². The lowest BCUT2D eigenvalue weighted by Crippen LogP contribution is -2.43. The SMILES string of the molecule is CCC(CC(C)(C)O)Sc1nc2cc(Cl)c(N3CCNCC3)cc2[nH]1.Cl.Cl. The Morgan fingerprint density at radius 3 is 2.56 bits per heavy atom. The maximum absolute atomic E-state index is 10.1. The lowest BCUT2D eigenvalue weighted by molar-refractivity contribution is 0.0703. The molecule has 154 valence electrons. The zero-order valence-corrected chi connectivity index (χ0v) is 19.1. The lowest BCUT2D eigenvalue weighted by Gasteiger charge is -2.30. The number of H-pyrrole nitrogens is 1. The molecule has 0 aliphatic carbocycles. The first-order valence-electron chi connectivity index (χ1n) is 8.89. The van der Waals surface area contributed by atoms with Gasteiger partial charge < -0.3 is 20.3 Å². The van der Waals surface area contributed by atoms with Gasteiger partial charge in [0, 0.05) is 31.4 Å². The minimum atomic E-state index is -0.668. The molecule has 3 rings (SSSR count). The van der Waals surface area contributed by atoms with E-state index in [9.17, 15) is 5.11 Å². The summed E-state index contributed by atoms with van der Waals surface area (Å²) in [5.41, 5.74) is 2.31. The van der Waals surface area contributed by atoms with Crippen LogP contribution in [-0.2, 0) is 0 Å². The van der Waals surface area contributed by atoms with Gasteiger partial charge in [0.1, 0.15) is 0 Å². The number of piperazine rings is 1. The van der Waals surface area contributed by atoms with Crippen molar-refractivity contribution in [2.45, 2.75) is 49.6 Å². The van der Waals surface area contributed by atoms with Crippen molar-refractivity contribution < 1.29 is 5.11 Å². The number of imidazole rings is 1. The first-order valence-corrected chi connectivity index (χ1v) is 10.2. The van der Waals surface area contributed by atoms with Crippen LogP contribution in [0.15, 0.2) is 17.3 Å². The highest BCUT2D eigenvalue weighted by atomic mass is 35.5. The maximum Gasteiger partial charge on any atom is 0.166 e. The van der Waals surface area contributed by atoms with Crippen LogP contribution in [0, 0.1) is 0 Å². The molecule has 0 spiro atoms. The molecule has 0 amide bonds. The van der Waals surface area contributed by atoms with E-state index >= 15 is 0 Å². The predicted molar refractivity (Wildman–Crippen MR) is 122 cm³/mol. The third kappa shape index (κ3) is 6.58. The Balaban J connectivity index is 0.00000182. The molecule has 9 heteroatoms. The standard InChI is InChI=1S/C18H27ClN4OS.2ClH/c1-4-12(11-18(2,3)24)25-17-21-14-9-13(19)16(10-15(14)22-17)23-7-5-20-6-8-23;;/h9-10,12,20,24H,4-8,11H2,1-3H3,(H,21,22);2*1H. The van der Waals surface area contributed by atoms with Crippen molar-refractivity contribution in [3.63, 3.8) is 0 Å². The van der Waals surface area contributed by atoms with Gasteiger partial charge in [-0.2, -0.15) is 0 Å². The molecule has 1 aliphatic rings. The first kappa shape index (κ1) is 24.7. The molecular weight excluding hydrogens is 427 g/mol. The molecule has 1 fully saturated rings. The average molecular weight is 456 g/mol. The molecule has 0 saturated carbocycles. The number of hydrogen-bond donors (Lipinski definition) is 3. The van der Waals surface area contributed by atoms with E-state index in [2.05, 4.69) is 33.2 Å². The Bertz CT molecular complexity index is 729. The highest BCUT2D eigenvalue weighted by Crippen LogP contribution is 2.34. The van der Waals surface area contributed by atoms with E-state index < -0.39 is 5.60 Å². The summed E-state index contributed by atoms with van der Waals surface area (Å²) in [4.78, 5) is 10.4. The molecule has 1 aromatic carbocycles. The zero-order valence-electron chi connectivity index (χ0n) is 15.9. The van der Waals surface area contributed by atoms with Crippen LogP contribution >= 0.6 is 48.2 Å². The van der Waals surface area contributed by atoms with Gasteiger partial charge in [-0.15, -0.1) is 24.8 Å². The van der Waals surface area contributed by atoms with E-state index in [0.717, 1.165) is 65.9 Å². The molecule has 2 heterocycles. The Morgan fingerprint density at radius 2 is 1.96 bits per heavy atom. The minimum Gasteiger partial charge on any atom is -0.390 e. The number of halogens is 3. The normalized spacial score (nSPS) is 16.0. The summed E-state index contributed by atoms with van der Waals surface area (Å²) in [6.45, 7) is 9.74. The summed E-state index contributed by atoms with van der Waals surface area (Å²) < 4.78 is 0. The number of fused-ring (bicyclic) bond motifs is 1. The van der Waals surface area contributed by atoms with Gasteiger partial charge in [-0.3, -0.25) is 0 Å². The predicted octanol–water partition coefficient (Wildman–Crippen LogP) is 4.50. The number of benzene rings is 1. The van der Waals surface area contributed by atoms with Crippen molar-refractivity contribution in [3.8, 4) is 0 Å². The molecule has 1 saturated heterocycles. The summed E-state index contributed by atoms with van der Waals surface area (Å²) in [6, 6.07) is 4.06. The average Bonchev–Trinajstić information content (AvgIpc) is 2.94. The molecule has 2 aromatic rings. The number of aromatic nitrogens is 2. The second-order valence-corrected chi connectivity index (χ2v) is 8.96. The van der Waals surface area contributed by atoms with Gasteiger partial charge >= 0.3 is 0 Å². The number of aromatic amines is 1. The Labute approximate surface area is 182 Å². The van der Waals surface area contributed by atoms with E-state index in [1.807, 2.05) is 19.9 Å². The molecule has 0 bridgehead atoms. The van der Waals surface area contributed by atoms with Crippen molar-refractivity contribution >= 4 is 64.9 Å². The molecule has 1 aromatic heterocycles. The van der Waals surface area contributed by atoms with Crippen LogP contribution in [0.1, 0.15) is 33.6 Å². The highest BCUT2D eigenvalue weighted by molar-refractivity contribution is 7.99. The number of nitrogens with one attached hydrogen (secondary N) is 2. The van der Waals surface area contributed by atoms with Crippen molar-refractivity contribution in [3.05, 3.63) is 17.2 Å². The molecular formula is C18H29Cl3N4OS. The Kier molecular flexibility index (Phi) is 9.52. The van der Waals surface area contributed by atoms with Crippen LogP contribution < -0.4 is 10.2 Å². The van der Waals surface area contributed by atoms with Crippen molar-refractivity contribution in [1.82, 2.24) is 15.3 Å². The molecule has 1 aliphatic heterocycles. The van der Waals surface area contributed by atoms with Gasteiger partial charge in [0.2, 0.25) is 0 Å². The second-order valence-electron chi connectivity index (χ2n) is 7.26. The maximum atomic E-state index is 10.1. The molecule has 5 nitrogen and oxygen atoms in total. The number of anilines is 1.